The van der Waals surface area contributed by atoms with E-state index in [1.54, 1.807) is 24.4 Å². The van der Waals surface area contributed by atoms with Gasteiger partial charge in [-0.05, 0) is 24.6 Å². The monoisotopic (exact) mass is 385 g/mol. The molecule has 3 aromatic heterocycles. The summed E-state index contributed by atoms with van der Waals surface area (Å²) in [6.45, 7) is 1.32. The molecular weight excluding hydrogens is 369 g/mol. The van der Waals surface area contributed by atoms with E-state index >= 15 is 0 Å². The summed E-state index contributed by atoms with van der Waals surface area (Å²) < 4.78 is 15.7. The third-order valence-electron chi connectivity index (χ3n) is 4.68. The van der Waals surface area contributed by atoms with Gasteiger partial charge in [0.15, 0.2) is 5.65 Å². The lowest BCUT2D eigenvalue weighted by molar-refractivity contribution is 0.243. The van der Waals surface area contributed by atoms with E-state index in [0.717, 1.165) is 11.2 Å². The number of hydrogen-bond donors (Lipinski definition) is 1. The molecule has 3 aromatic rings. The number of hydrogen-bond acceptors (Lipinski definition) is 6. The molecule has 0 spiro atoms. The van der Waals surface area contributed by atoms with Gasteiger partial charge in [-0.15, -0.1) is 0 Å². The van der Waals surface area contributed by atoms with Crippen LogP contribution in [-0.4, -0.2) is 44.8 Å². The fourth-order valence-corrected chi connectivity index (χ4v) is 3.40. The van der Waals surface area contributed by atoms with Crippen molar-refractivity contribution >= 4 is 28.7 Å². The van der Waals surface area contributed by atoms with Gasteiger partial charge in [0.25, 0.3) is 0 Å². The Balaban J connectivity index is 1.76. The summed E-state index contributed by atoms with van der Waals surface area (Å²) in [5.74, 6) is 0.660. The third-order valence-corrected chi connectivity index (χ3v) is 4.89. The first-order valence-electron chi connectivity index (χ1n) is 8.56. The summed E-state index contributed by atoms with van der Waals surface area (Å²) in [6, 6.07) is 6.81. The van der Waals surface area contributed by atoms with Crippen LogP contribution in [0.1, 0.15) is 17.7 Å². The van der Waals surface area contributed by atoms with Crippen LogP contribution < -0.4 is 10.6 Å². The van der Waals surface area contributed by atoms with Crippen LogP contribution in [0.25, 0.3) is 11.2 Å². The predicted octanol–water partition coefficient (Wildman–Crippen LogP) is 2.28. The quantitative estimate of drug-likeness (QED) is 0.742. The molecule has 9 heteroatoms. The smallest absolute Gasteiger partial charge is 0.208 e. The molecule has 4 rings (SSSR count). The van der Waals surface area contributed by atoms with Gasteiger partial charge in [-0.25, -0.2) is 9.37 Å². The van der Waals surface area contributed by atoms with Crippen molar-refractivity contribution in [2.75, 3.05) is 18.0 Å². The Morgan fingerprint density at radius 1 is 1.33 bits per heavy atom. The minimum atomic E-state index is -1.01. The SMILES string of the molecule is N#Cc1ccc(Cn2c(N3CC[C@@H](F)[C@H](N)C3)nc3ncc(Cl)cc32)nc1. The summed E-state index contributed by atoms with van der Waals surface area (Å²) in [6.07, 6.45) is 2.43. The molecule has 0 bridgehead atoms. The van der Waals surface area contributed by atoms with Crippen LogP contribution in [0.5, 0.6) is 0 Å². The molecule has 4 heterocycles. The van der Waals surface area contributed by atoms with Gasteiger partial charge in [-0.3, -0.25) is 4.98 Å². The van der Waals surface area contributed by atoms with Gasteiger partial charge in [0, 0.05) is 25.5 Å². The number of pyridine rings is 2. The zero-order valence-corrected chi connectivity index (χ0v) is 15.1. The van der Waals surface area contributed by atoms with Crippen LogP contribution in [0.15, 0.2) is 30.6 Å². The highest BCUT2D eigenvalue weighted by Crippen LogP contribution is 2.27. The van der Waals surface area contributed by atoms with E-state index in [9.17, 15) is 4.39 Å². The maximum Gasteiger partial charge on any atom is 0.208 e. The van der Waals surface area contributed by atoms with Crippen molar-refractivity contribution in [3.05, 3.63) is 46.9 Å². The molecule has 1 fully saturated rings. The highest BCUT2D eigenvalue weighted by atomic mass is 35.5. The average molecular weight is 386 g/mol. The second-order valence-electron chi connectivity index (χ2n) is 6.56. The number of anilines is 1. The van der Waals surface area contributed by atoms with Crippen molar-refractivity contribution < 1.29 is 4.39 Å². The number of nitrogens with two attached hydrogens (primary N) is 1. The molecule has 0 unspecified atom stereocenters. The highest BCUT2D eigenvalue weighted by molar-refractivity contribution is 6.31. The lowest BCUT2D eigenvalue weighted by Crippen LogP contribution is -2.50. The fraction of sp³-hybridized carbons (Fsp3) is 0.333. The first-order valence-corrected chi connectivity index (χ1v) is 8.94. The molecule has 138 valence electrons. The summed E-state index contributed by atoms with van der Waals surface area (Å²) in [5, 5.41) is 9.44. The molecule has 0 saturated carbocycles. The van der Waals surface area contributed by atoms with Crippen LogP contribution in [0.2, 0.25) is 5.02 Å². The van der Waals surface area contributed by atoms with Crippen molar-refractivity contribution in [2.45, 2.75) is 25.2 Å². The van der Waals surface area contributed by atoms with E-state index in [0.29, 0.717) is 48.2 Å². The Bertz CT molecular complexity index is 1010. The lowest BCUT2D eigenvalue weighted by Gasteiger charge is -2.34. The van der Waals surface area contributed by atoms with E-state index in [1.807, 2.05) is 9.47 Å². The Morgan fingerprint density at radius 3 is 2.89 bits per heavy atom. The number of halogens is 2. The number of nitriles is 1. The number of fused-ring (bicyclic) bond motifs is 1. The number of imidazole rings is 1. The zero-order chi connectivity index (χ0) is 19.0. The van der Waals surface area contributed by atoms with Crippen molar-refractivity contribution in [3.8, 4) is 6.07 Å². The summed E-state index contributed by atoms with van der Waals surface area (Å²) in [5.41, 5.74) is 8.50. The Morgan fingerprint density at radius 2 is 2.19 bits per heavy atom. The minimum Gasteiger partial charge on any atom is -0.340 e. The molecule has 0 radical (unpaired) electrons. The minimum absolute atomic E-state index is 0.355. The van der Waals surface area contributed by atoms with Crippen LogP contribution in [-0.2, 0) is 6.54 Å². The molecule has 0 aromatic carbocycles. The standard InChI is InChI=1S/C18H17ClFN7/c19-12-5-16-17(24-8-12)25-18(26-4-3-14(20)15(22)10-26)27(16)9-13-2-1-11(6-21)7-23-13/h1-2,5,7-8,14-15H,3-4,9-10,22H2/t14-,15-/m1/s1. The van der Waals surface area contributed by atoms with Gasteiger partial charge in [-0.1, -0.05) is 11.6 Å². The first kappa shape index (κ1) is 17.6. The number of alkyl halides is 1. The van der Waals surface area contributed by atoms with E-state index in [2.05, 4.69) is 21.0 Å². The van der Waals surface area contributed by atoms with Crippen LogP contribution in [0.4, 0.5) is 10.3 Å². The zero-order valence-electron chi connectivity index (χ0n) is 14.4. The lowest BCUT2D eigenvalue weighted by atomic mass is 10.1. The number of nitrogens with zero attached hydrogens (tertiary/aromatic N) is 6. The van der Waals surface area contributed by atoms with Gasteiger partial charge < -0.3 is 15.2 Å². The Labute approximate surface area is 160 Å². The molecule has 7 nitrogen and oxygen atoms in total. The molecule has 0 amide bonds. The van der Waals surface area contributed by atoms with E-state index in [-0.39, 0.29) is 0 Å². The fourth-order valence-electron chi connectivity index (χ4n) is 3.25. The molecule has 2 N–H and O–H groups in total. The molecule has 2 atom stereocenters. The highest BCUT2D eigenvalue weighted by Gasteiger charge is 2.29. The average Bonchev–Trinajstić information content (AvgIpc) is 3.02. The van der Waals surface area contributed by atoms with E-state index < -0.39 is 12.2 Å². The Kier molecular flexibility index (Phi) is 4.64. The number of aromatic nitrogens is 4. The molecule has 0 aliphatic carbocycles. The third kappa shape index (κ3) is 3.44. The maximum atomic E-state index is 13.8. The van der Waals surface area contributed by atoms with Gasteiger partial charge in [0.1, 0.15) is 12.2 Å². The van der Waals surface area contributed by atoms with Gasteiger partial charge in [-0.2, -0.15) is 10.2 Å². The topological polar surface area (TPSA) is 96.7 Å². The van der Waals surface area contributed by atoms with Gasteiger partial charge in [0.2, 0.25) is 5.95 Å². The Hall–Kier alpha value is -2.76. The number of rotatable bonds is 3. The second-order valence-corrected chi connectivity index (χ2v) is 7.00. The normalized spacial score (nSPS) is 20.0. The van der Waals surface area contributed by atoms with Crippen molar-refractivity contribution in [3.63, 3.8) is 0 Å². The first-order chi connectivity index (χ1) is 13.0. The summed E-state index contributed by atoms with van der Waals surface area (Å²) in [4.78, 5) is 15.2. The van der Waals surface area contributed by atoms with Crippen LogP contribution in [0.3, 0.4) is 0 Å². The largest absolute Gasteiger partial charge is 0.340 e. The van der Waals surface area contributed by atoms with Crippen molar-refractivity contribution in [2.24, 2.45) is 5.73 Å². The van der Waals surface area contributed by atoms with Crippen molar-refractivity contribution in [1.29, 1.82) is 5.26 Å². The molecule has 1 aliphatic rings. The molecule has 1 saturated heterocycles. The predicted molar refractivity (Wildman–Crippen MR) is 100 cm³/mol. The second kappa shape index (κ2) is 7.10. The van der Waals surface area contributed by atoms with Crippen molar-refractivity contribution in [1.82, 2.24) is 19.5 Å². The van der Waals surface area contributed by atoms with E-state index in [1.165, 1.54) is 6.20 Å². The van der Waals surface area contributed by atoms with E-state index in [4.69, 9.17) is 22.6 Å². The molecular formula is C18H17ClFN7. The van der Waals surface area contributed by atoms with Gasteiger partial charge in [0.05, 0.1) is 34.4 Å². The van der Waals surface area contributed by atoms with Crippen LogP contribution in [0, 0.1) is 11.3 Å². The molecule has 27 heavy (non-hydrogen) atoms. The number of piperidine rings is 1. The van der Waals surface area contributed by atoms with Crippen LogP contribution >= 0.6 is 11.6 Å². The molecule has 1 aliphatic heterocycles. The maximum absolute atomic E-state index is 13.8. The van der Waals surface area contributed by atoms with Gasteiger partial charge >= 0.3 is 0 Å². The summed E-state index contributed by atoms with van der Waals surface area (Å²) >= 11 is 6.13. The summed E-state index contributed by atoms with van der Waals surface area (Å²) in [7, 11) is 0.